The lowest BCUT2D eigenvalue weighted by Gasteiger charge is -2.33. The van der Waals surface area contributed by atoms with Gasteiger partial charge in [-0.15, -0.1) is 24.8 Å². The van der Waals surface area contributed by atoms with E-state index in [-0.39, 0.29) is 24.8 Å². The number of halogens is 2. The number of piperidine rings is 1. The number of hydrogen-bond donors (Lipinski definition) is 1. The van der Waals surface area contributed by atoms with Gasteiger partial charge in [0, 0.05) is 6.54 Å². The van der Waals surface area contributed by atoms with Crippen molar-refractivity contribution in [2.45, 2.75) is 39.8 Å². The Morgan fingerprint density at radius 2 is 1.86 bits per heavy atom. The van der Waals surface area contributed by atoms with Crippen molar-refractivity contribution in [3.8, 4) is 0 Å². The summed E-state index contributed by atoms with van der Waals surface area (Å²) in [5.41, 5.74) is 5.47. The van der Waals surface area contributed by atoms with Crippen molar-refractivity contribution in [1.82, 2.24) is 19.9 Å². The van der Waals surface area contributed by atoms with Crippen molar-refractivity contribution in [2.24, 2.45) is 11.7 Å². The highest BCUT2D eigenvalue weighted by Gasteiger charge is 2.21. The monoisotopic (exact) mass is 353 g/mol. The minimum Gasteiger partial charge on any atom is -0.338 e. The quantitative estimate of drug-likeness (QED) is 0.807. The molecule has 1 aliphatic rings. The third-order valence-electron chi connectivity index (χ3n) is 4.17. The lowest BCUT2D eigenvalue weighted by atomic mass is 9.96. The Bertz CT molecular complexity index is 392. The molecule has 0 spiro atoms. The molecule has 8 heteroatoms. The van der Waals surface area contributed by atoms with Crippen LogP contribution in [-0.2, 0) is 13.1 Å². The largest absolute Gasteiger partial charge is 0.338 e. The average molecular weight is 354 g/mol. The van der Waals surface area contributed by atoms with Gasteiger partial charge in [-0.2, -0.15) is 4.98 Å². The molecule has 0 radical (unpaired) electrons. The Morgan fingerprint density at radius 1 is 1.23 bits per heavy atom. The molecule has 2 N–H and O–H groups in total. The van der Waals surface area contributed by atoms with E-state index in [0.717, 1.165) is 44.5 Å². The summed E-state index contributed by atoms with van der Waals surface area (Å²) >= 11 is 0. The van der Waals surface area contributed by atoms with Gasteiger partial charge >= 0.3 is 0 Å². The molecule has 2 rings (SSSR count). The molecule has 6 nitrogen and oxygen atoms in total. The zero-order chi connectivity index (χ0) is 14.4. The summed E-state index contributed by atoms with van der Waals surface area (Å²) in [5.74, 6) is 2.11. The minimum atomic E-state index is 0. The molecule has 1 aromatic heterocycles. The Labute approximate surface area is 145 Å². The van der Waals surface area contributed by atoms with Gasteiger partial charge in [-0.3, -0.25) is 4.90 Å². The number of likely N-dealkylation sites (tertiary alicyclic amines) is 1. The van der Waals surface area contributed by atoms with Gasteiger partial charge in [0.15, 0.2) is 5.82 Å². The van der Waals surface area contributed by atoms with E-state index in [1.807, 2.05) is 0 Å². The highest BCUT2D eigenvalue weighted by molar-refractivity contribution is 5.85. The Balaban J connectivity index is 0.00000220. The first-order valence-electron chi connectivity index (χ1n) is 7.71. The molecular formula is C14H29Cl2N5O. The normalized spacial score (nSPS) is 16.4. The molecule has 1 fully saturated rings. The summed E-state index contributed by atoms with van der Waals surface area (Å²) in [5, 5.41) is 3.96. The van der Waals surface area contributed by atoms with Crippen LogP contribution in [0.15, 0.2) is 4.52 Å². The summed E-state index contributed by atoms with van der Waals surface area (Å²) in [6, 6.07) is 0. The number of nitrogens with zero attached hydrogens (tertiary/aromatic N) is 4. The van der Waals surface area contributed by atoms with Crippen molar-refractivity contribution in [1.29, 1.82) is 0 Å². The van der Waals surface area contributed by atoms with Crippen molar-refractivity contribution in [2.75, 3.05) is 32.7 Å². The van der Waals surface area contributed by atoms with E-state index >= 15 is 0 Å². The highest BCUT2D eigenvalue weighted by atomic mass is 35.5. The van der Waals surface area contributed by atoms with Gasteiger partial charge in [0.2, 0.25) is 5.89 Å². The standard InChI is InChI=1S/C14H27N5O.2ClH/c1-3-18(4-2)10-12-5-7-19(8-6-12)11-13-16-14(9-15)20-17-13;;/h12H,3-11,15H2,1-2H3;2*1H. The summed E-state index contributed by atoms with van der Waals surface area (Å²) in [6.07, 6.45) is 2.52. The van der Waals surface area contributed by atoms with Crippen LogP contribution < -0.4 is 5.73 Å². The molecule has 2 heterocycles. The van der Waals surface area contributed by atoms with Crippen molar-refractivity contribution < 1.29 is 4.52 Å². The predicted octanol–water partition coefficient (Wildman–Crippen LogP) is 1.93. The maximum atomic E-state index is 5.47. The van der Waals surface area contributed by atoms with Crippen molar-refractivity contribution in [3.05, 3.63) is 11.7 Å². The summed E-state index contributed by atoms with van der Waals surface area (Å²) in [4.78, 5) is 9.19. The maximum Gasteiger partial charge on any atom is 0.240 e. The molecule has 1 aliphatic heterocycles. The minimum absolute atomic E-state index is 0. The predicted molar refractivity (Wildman–Crippen MR) is 92.5 cm³/mol. The molecule has 1 aromatic rings. The molecule has 0 bridgehead atoms. The van der Waals surface area contributed by atoms with Crippen LogP contribution in [0.3, 0.4) is 0 Å². The van der Waals surface area contributed by atoms with Gasteiger partial charge in [-0.05, 0) is 44.9 Å². The van der Waals surface area contributed by atoms with Gasteiger partial charge in [-0.25, -0.2) is 0 Å². The van der Waals surface area contributed by atoms with Crippen LogP contribution in [0.1, 0.15) is 38.4 Å². The summed E-state index contributed by atoms with van der Waals surface area (Å²) in [7, 11) is 0. The van der Waals surface area contributed by atoms with Gasteiger partial charge in [0.25, 0.3) is 0 Å². The Hall–Kier alpha value is -0.400. The molecule has 0 unspecified atom stereocenters. The molecule has 1 saturated heterocycles. The lowest BCUT2D eigenvalue weighted by Crippen LogP contribution is -2.38. The summed E-state index contributed by atoms with van der Waals surface area (Å²) in [6.45, 7) is 11.4. The number of hydrogen-bond acceptors (Lipinski definition) is 6. The molecule has 0 atom stereocenters. The first kappa shape index (κ1) is 21.6. The molecular weight excluding hydrogens is 325 g/mol. The zero-order valence-electron chi connectivity index (χ0n) is 13.5. The van der Waals surface area contributed by atoms with E-state index in [2.05, 4.69) is 33.8 Å². The first-order valence-corrected chi connectivity index (χ1v) is 7.71. The second-order valence-electron chi connectivity index (χ2n) is 5.51. The first-order chi connectivity index (χ1) is 9.75. The summed E-state index contributed by atoms with van der Waals surface area (Å²) < 4.78 is 5.04. The van der Waals surface area contributed by atoms with Crippen LogP contribution in [0.4, 0.5) is 0 Å². The Morgan fingerprint density at radius 3 is 2.36 bits per heavy atom. The zero-order valence-corrected chi connectivity index (χ0v) is 15.2. The smallest absolute Gasteiger partial charge is 0.240 e. The van der Waals surface area contributed by atoms with E-state index in [9.17, 15) is 0 Å². The second-order valence-corrected chi connectivity index (χ2v) is 5.51. The fourth-order valence-electron chi connectivity index (χ4n) is 2.81. The third-order valence-corrected chi connectivity index (χ3v) is 4.17. The Kier molecular flexibility index (Phi) is 11.0. The second kappa shape index (κ2) is 11.2. The molecule has 22 heavy (non-hydrogen) atoms. The average Bonchev–Trinajstić information content (AvgIpc) is 2.94. The van der Waals surface area contributed by atoms with E-state index in [1.165, 1.54) is 19.4 Å². The number of nitrogens with two attached hydrogens (primary N) is 1. The molecule has 0 saturated carbocycles. The van der Waals surface area contributed by atoms with Crippen molar-refractivity contribution >= 4 is 24.8 Å². The van der Waals surface area contributed by atoms with E-state index in [4.69, 9.17) is 10.3 Å². The SMILES string of the molecule is CCN(CC)CC1CCN(Cc2noc(CN)n2)CC1.Cl.Cl. The van der Waals surface area contributed by atoms with Crippen LogP contribution in [0.5, 0.6) is 0 Å². The van der Waals surface area contributed by atoms with Gasteiger partial charge in [-0.1, -0.05) is 19.0 Å². The van der Waals surface area contributed by atoms with Gasteiger partial charge < -0.3 is 15.2 Å². The number of aromatic nitrogens is 2. The topological polar surface area (TPSA) is 71.4 Å². The van der Waals surface area contributed by atoms with Crippen LogP contribution in [0.2, 0.25) is 0 Å². The molecule has 0 aliphatic carbocycles. The molecule has 0 aromatic carbocycles. The maximum absolute atomic E-state index is 5.47. The molecule has 0 amide bonds. The van der Waals surface area contributed by atoms with Crippen LogP contribution in [-0.4, -0.2) is 52.7 Å². The van der Waals surface area contributed by atoms with E-state index < -0.39 is 0 Å². The third kappa shape index (κ3) is 6.38. The fourth-order valence-corrected chi connectivity index (χ4v) is 2.81. The van der Waals surface area contributed by atoms with Gasteiger partial charge in [0.05, 0.1) is 13.1 Å². The van der Waals surface area contributed by atoms with Crippen LogP contribution in [0.25, 0.3) is 0 Å². The van der Waals surface area contributed by atoms with Crippen molar-refractivity contribution in [3.63, 3.8) is 0 Å². The van der Waals surface area contributed by atoms with Crippen LogP contribution in [0, 0.1) is 5.92 Å². The van der Waals surface area contributed by atoms with Crippen LogP contribution >= 0.6 is 24.8 Å². The lowest BCUT2D eigenvalue weighted by molar-refractivity contribution is 0.140. The van der Waals surface area contributed by atoms with Gasteiger partial charge in [0.1, 0.15) is 0 Å². The van der Waals surface area contributed by atoms with E-state index in [0.29, 0.717) is 12.4 Å². The number of rotatable bonds is 7. The molecule has 130 valence electrons. The fraction of sp³-hybridized carbons (Fsp3) is 0.857. The highest BCUT2D eigenvalue weighted by Crippen LogP contribution is 2.19. The van der Waals surface area contributed by atoms with E-state index in [1.54, 1.807) is 0 Å².